The van der Waals surface area contributed by atoms with Crippen molar-refractivity contribution in [3.8, 4) is 0 Å². The predicted molar refractivity (Wildman–Crippen MR) is 51.6 cm³/mol. The van der Waals surface area contributed by atoms with Crippen molar-refractivity contribution < 1.29 is 14.7 Å². The first-order valence-electron chi connectivity index (χ1n) is 4.88. The molecule has 0 radical (unpaired) electrons. The molecule has 0 atom stereocenters. The maximum Gasteiger partial charge on any atom is 0.293 e. The van der Waals surface area contributed by atoms with Crippen molar-refractivity contribution in [3.05, 3.63) is 11.3 Å². The molecule has 1 saturated carbocycles. The first-order valence-corrected chi connectivity index (χ1v) is 4.88. The second-order valence-corrected chi connectivity index (χ2v) is 3.52. The Kier molecular flexibility index (Phi) is 3.68. The van der Waals surface area contributed by atoms with Crippen LogP contribution in [0.15, 0.2) is 11.3 Å². The summed E-state index contributed by atoms with van der Waals surface area (Å²) in [4.78, 5) is 20.8. The van der Waals surface area contributed by atoms with Crippen molar-refractivity contribution >= 4 is 11.8 Å². The molecule has 1 fully saturated rings. The topological polar surface area (TPSA) is 66.4 Å². The first-order chi connectivity index (χ1) is 6.63. The Morgan fingerprint density at radius 3 is 1.57 bits per heavy atom. The van der Waals surface area contributed by atoms with Gasteiger partial charge in [-0.3, -0.25) is 14.9 Å². The van der Waals surface area contributed by atoms with Gasteiger partial charge in [-0.15, -0.1) is 0 Å². The van der Waals surface area contributed by atoms with Crippen LogP contribution in [-0.4, -0.2) is 16.9 Å². The van der Waals surface area contributed by atoms with Gasteiger partial charge in [-0.05, 0) is 6.92 Å². The van der Waals surface area contributed by atoms with Gasteiger partial charge >= 0.3 is 0 Å². The van der Waals surface area contributed by atoms with Crippen molar-refractivity contribution in [2.24, 2.45) is 0 Å². The minimum atomic E-state index is -0.711. The van der Waals surface area contributed by atoms with Gasteiger partial charge in [-0.25, -0.2) is 0 Å². The van der Waals surface area contributed by atoms with Gasteiger partial charge in [0.15, 0.2) is 5.76 Å². The molecule has 2 aliphatic rings. The number of carbonyl (C=O) groups is 2. The van der Waals surface area contributed by atoms with Gasteiger partial charge in [0.25, 0.3) is 11.8 Å². The summed E-state index contributed by atoms with van der Waals surface area (Å²) in [5, 5.41) is 10.6. The van der Waals surface area contributed by atoms with Crippen LogP contribution in [0.1, 0.15) is 39.0 Å². The molecule has 0 aromatic rings. The van der Waals surface area contributed by atoms with Crippen molar-refractivity contribution in [3.63, 3.8) is 0 Å². The molecule has 4 heteroatoms. The number of nitrogens with one attached hydrogen (secondary N) is 1. The minimum absolute atomic E-state index is 0.0833. The number of rotatable bonds is 0. The monoisotopic (exact) mass is 197 g/mol. The molecule has 2 N–H and O–H groups in total. The standard InChI is InChI=1S/C5H5NO3.C5H10/c1-2-3(7)5(9)6-4(2)8;1-2-4-5-3-1/h1H3,(H2,6,7,8,9);1-5H2. The van der Waals surface area contributed by atoms with Gasteiger partial charge < -0.3 is 5.11 Å². The van der Waals surface area contributed by atoms with E-state index in [1.807, 2.05) is 5.32 Å². The van der Waals surface area contributed by atoms with E-state index in [1.165, 1.54) is 39.0 Å². The van der Waals surface area contributed by atoms with Crippen LogP contribution in [-0.2, 0) is 9.59 Å². The van der Waals surface area contributed by atoms with Gasteiger partial charge in [0.05, 0.1) is 5.57 Å². The van der Waals surface area contributed by atoms with Crippen LogP contribution >= 0.6 is 0 Å². The predicted octanol–water partition coefficient (Wildman–Crippen LogP) is 1.43. The largest absolute Gasteiger partial charge is 0.503 e. The van der Waals surface area contributed by atoms with Crippen LogP contribution in [0.2, 0.25) is 0 Å². The summed E-state index contributed by atoms with van der Waals surface area (Å²) in [5.41, 5.74) is 0.0833. The zero-order valence-corrected chi connectivity index (χ0v) is 8.30. The first kappa shape index (κ1) is 10.8. The number of carbonyl (C=O) groups excluding carboxylic acids is 2. The number of imide groups is 1. The van der Waals surface area contributed by atoms with Gasteiger partial charge in [-0.1, -0.05) is 32.1 Å². The third-order valence-corrected chi connectivity index (χ3v) is 2.39. The van der Waals surface area contributed by atoms with Gasteiger partial charge in [0.1, 0.15) is 0 Å². The fourth-order valence-electron chi connectivity index (χ4n) is 1.42. The van der Waals surface area contributed by atoms with E-state index in [1.54, 1.807) is 0 Å². The van der Waals surface area contributed by atoms with E-state index in [4.69, 9.17) is 5.11 Å². The number of aliphatic hydroxyl groups is 1. The van der Waals surface area contributed by atoms with E-state index in [0.717, 1.165) is 0 Å². The molecule has 1 aliphatic heterocycles. The minimum Gasteiger partial charge on any atom is -0.503 e. The summed E-state index contributed by atoms with van der Waals surface area (Å²) in [6.45, 7) is 1.38. The number of hydrogen-bond acceptors (Lipinski definition) is 3. The fourth-order valence-corrected chi connectivity index (χ4v) is 1.42. The van der Waals surface area contributed by atoms with Crippen LogP contribution in [0.3, 0.4) is 0 Å². The number of hydrogen-bond donors (Lipinski definition) is 2. The lowest BCUT2D eigenvalue weighted by atomic mass is 10.3. The fraction of sp³-hybridized carbons (Fsp3) is 0.600. The third kappa shape index (κ3) is 2.58. The lowest BCUT2D eigenvalue weighted by Crippen LogP contribution is -2.22. The van der Waals surface area contributed by atoms with E-state index in [9.17, 15) is 9.59 Å². The molecule has 14 heavy (non-hydrogen) atoms. The van der Waals surface area contributed by atoms with Crippen LogP contribution < -0.4 is 5.32 Å². The summed E-state index contributed by atoms with van der Waals surface area (Å²) >= 11 is 0. The summed E-state index contributed by atoms with van der Waals surface area (Å²) in [6.07, 6.45) is 7.50. The molecule has 0 aromatic carbocycles. The average molecular weight is 197 g/mol. The number of amides is 2. The van der Waals surface area contributed by atoms with Crippen LogP contribution in [0.5, 0.6) is 0 Å². The molecule has 78 valence electrons. The second-order valence-electron chi connectivity index (χ2n) is 3.52. The molecule has 1 heterocycles. The second kappa shape index (κ2) is 4.79. The molecule has 2 rings (SSSR count). The summed E-state index contributed by atoms with van der Waals surface area (Å²) in [7, 11) is 0. The molecule has 0 spiro atoms. The van der Waals surface area contributed by atoms with E-state index >= 15 is 0 Å². The molecule has 1 aliphatic carbocycles. The van der Waals surface area contributed by atoms with Crippen LogP contribution in [0, 0.1) is 0 Å². The Bertz CT molecular complexity index is 247. The van der Waals surface area contributed by atoms with E-state index < -0.39 is 17.6 Å². The Hall–Kier alpha value is -1.32. The average Bonchev–Trinajstić information content (AvgIpc) is 2.78. The van der Waals surface area contributed by atoms with Crippen molar-refractivity contribution in [2.75, 3.05) is 0 Å². The van der Waals surface area contributed by atoms with Crippen LogP contribution in [0.4, 0.5) is 0 Å². The molecule has 0 bridgehead atoms. The van der Waals surface area contributed by atoms with E-state index in [0.29, 0.717) is 0 Å². The Morgan fingerprint density at radius 2 is 1.43 bits per heavy atom. The molecular weight excluding hydrogens is 182 g/mol. The van der Waals surface area contributed by atoms with Gasteiger partial charge in [0.2, 0.25) is 0 Å². The highest BCUT2D eigenvalue weighted by molar-refractivity contribution is 6.17. The Balaban J connectivity index is 0.000000165. The lowest BCUT2D eigenvalue weighted by molar-refractivity contribution is -0.125. The maximum absolute atomic E-state index is 10.4. The van der Waals surface area contributed by atoms with Crippen molar-refractivity contribution in [2.45, 2.75) is 39.0 Å². The highest BCUT2D eigenvalue weighted by Gasteiger charge is 2.25. The lowest BCUT2D eigenvalue weighted by Gasteiger charge is -1.83. The molecule has 4 nitrogen and oxygen atoms in total. The SMILES string of the molecule is C1CCCC1.CC1=C(O)C(=O)NC1=O. The summed E-state index contributed by atoms with van der Waals surface area (Å²) in [5.74, 6) is -1.70. The van der Waals surface area contributed by atoms with Crippen molar-refractivity contribution in [1.82, 2.24) is 5.32 Å². The highest BCUT2D eigenvalue weighted by atomic mass is 16.3. The van der Waals surface area contributed by atoms with Crippen LogP contribution in [0.25, 0.3) is 0 Å². The van der Waals surface area contributed by atoms with Gasteiger partial charge in [0, 0.05) is 0 Å². The zero-order valence-electron chi connectivity index (χ0n) is 8.30. The zero-order chi connectivity index (χ0) is 10.6. The van der Waals surface area contributed by atoms with E-state index in [-0.39, 0.29) is 5.57 Å². The molecule has 0 unspecified atom stereocenters. The van der Waals surface area contributed by atoms with E-state index in [2.05, 4.69) is 0 Å². The number of aliphatic hydroxyl groups excluding tert-OH is 1. The maximum atomic E-state index is 10.4. The smallest absolute Gasteiger partial charge is 0.293 e. The molecule has 0 saturated heterocycles. The van der Waals surface area contributed by atoms with Crippen molar-refractivity contribution in [1.29, 1.82) is 0 Å². The summed E-state index contributed by atoms with van der Waals surface area (Å²) in [6, 6.07) is 0. The Morgan fingerprint density at radius 1 is 1.00 bits per heavy atom. The third-order valence-electron chi connectivity index (χ3n) is 2.39. The van der Waals surface area contributed by atoms with Gasteiger partial charge in [-0.2, -0.15) is 0 Å². The molecular formula is C10H15NO3. The molecule has 2 amide bonds. The summed E-state index contributed by atoms with van der Waals surface area (Å²) < 4.78 is 0. The quantitative estimate of drug-likeness (QED) is 0.577. The normalized spacial score (nSPS) is 20.6. The Labute approximate surface area is 83.0 Å². The molecule has 0 aromatic heterocycles. The highest BCUT2D eigenvalue weighted by Crippen LogP contribution is 2.15.